The first-order valence-corrected chi connectivity index (χ1v) is 8.92. The van der Waals surface area contributed by atoms with Gasteiger partial charge in [0.15, 0.2) is 0 Å². The van der Waals surface area contributed by atoms with Gasteiger partial charge in [0, 0.05) is 17.9 Å². The van der Waals surface area contributed by atoms with E-state index in [0.717, 1.165) is 31.0 Å². The fourth-order valence-electron chi connectivity index (χ4n) is 2.50. The molecule has 0 aromatic rings. The predicted octanol–water partition coefficient (Wildman–Crippen LogP) is 2.37. The molecule has 3 nitrogen and oxygen atoms in total. The molecule has 2 saturated carbocycles. The van der Waals surface area contributed by atoms with Gasteiger partial charge in [-0.15, -0.1) is 0 Å². The standard InChI is InChI=1S/C11H20BrNO2S/c12-7-8-13(11-3-1-2-4-11)16(14,15)9-10-5-6-10/h10-11H,1-9H2. The Morgan fingerprint density at radius 1 is 1.12 bits per heavy atom. The average molecular weight is 310 g/mol. The van der Waals surface area contributed by atoms with Crippen LogP contribution in [0.4, 0.5) is 0 Å². The molecule has 5 heteroatoms. The molecule has 0 saturated heterocycles. The zero-order chi connectivity index (χ0) is 11.6. The highest BCUT2D eigenvalue weighted by atomic mass is 79.9. The number of hydrogen-bond donors (Lipinski definition) is 0. The van der Waals surface area contributed by atoms with Gasteiger partial charge in [0.25, 0.3) is 0 Å². The second-order valence-electron chi connectivity index (χ2n) is 4.96. The molecule has 0 radical (unpaired) electrons. The van der Waals surface area contributed by atoms with Crippen LogP contribution in [0.2, 0.25) is 0 Å². The summed E-state index contributed by atoms with van der Waals surface area (Å²) in [6.07, 6.45) is 6.68. The van der Waals surface area contributed by atoms with Crippen molar-refractivity contribution < 1.29 is 8.42 Å². The van der Waals surface area contributed by atoms with E-state index >= 15 is 0 Å². The van der Waals surface area contributed by atoms with Crippen molar-refractivity contribution in [3.05, 3.63) is 0 Å². The SMILES string of the molecule is O=S(=O)(CC1CC1)N(CCBr)C1CCCC1. The third-order valence-electron chi connectivity index (χ3n) is 3.54. The highest BCUT2D eigenvalue weighted by Crippen LogP contribution is 2.33. The smallest absolute Gasteiger partial charge is 0.212 e. The number of alkyl halides is 1. The third-order valence-corrected chi connectivity index (χ3v) is 5.98. The van der Waals surface area contributed by atoms with E-state index in [4.69, 9.17) is 0 Å². The molecule has 16 heavy (non-hydrogen) atoms. The lowest BCUT2D eigenvalue weighted by Crippen LogP contribution is -2.41. The molecule has 2 aliphatic rings. The molecule has 2 aliphatic carbocycles. The van der Waals surface area contributed by atoms with E-state index < -0.39 is 10.0 Å². The number of sulfonamides is 1. The van der Waals surface area contributed by atoms with Crippen LogP contribution in [-0.4, -0.2) is 36.4 Å². The summed E-state index contributed by atoms with van der Waals surface area (Å²) in [5.74, 6) is 0.834. The molecule has 0 N–H and O–H groups in total. The second kappa shape index (κ2) is 5.36. The zero-order valence-corrected chi connectivity index (χ0v) is 12.0. The lowest BCUT2D eigenvalue weighted by atomic mass is 10.2. The van der Waals surface area contributed by atoms with E-state index in [2.05, 4.69) is 15.9 Å². The number of nitrogens with zero attached hydrogens (tertiary/aromatic N) is 1. The first-order chi connectivity index (χ1) is 7.63. The van der Waals surface area contributed by atoms with E-state index in [0.29, 0.717) is 18.2 Å². The minimum atomic E-state index is -3.00. The van der Waals surface area contributed by atoms with Gasteiger partial charge >= 0.3 is 0 Å². The van der Waals surface area contributed by atoms with Crippen LogP contribution < -0.4 is 0 Å². The first-order valence-electron chi connectivity index (χ1n) is 6.19. The lowest BCUT2D eigenvalue weighted by Gasteiger charge is -2.27. The second-order valence-corrected chi connectivity index (χ2v) is 7.72. The monoisotopic (exact) mass is 309 g/mol. The molecule has 2 fully saturated rings. The zero-order valence-electron chi connectivity index (χ0n) is 9.57. The summed E-state index contributed by atoms with van der Waals surface area (Å²) in [5, 5.41) is 0.743. The molecule has 0 aromatic heterocycles. The Kier molecular flexibility index (Phi) is 4.30. The third kappa shape index (κ3) is 3.20. The summed E-state index contributed by atoms with van der Waals surface area (Å²) < 4.78 is 26.3. The molecule has 0 spiro atoms. The molecule has 0 aliphatic heterocycles. The molecule has 0 amide bonds. The molecular formula is C11H20BrNO2S. The van der Waals surface area contributed by atoms with Gasteiger partial charge in [0.2, 0.25) is 10.0 Å². The largest absolute Gasteiger partial charge is 0.214 e. The minimum Gasteiger partial charge on any atom is -0.212 e. The van der Waals surface area contributed by atoms with E-state index in [1.807, 2.05) is 0 Å². The fraction of sp³-hybridized carbons (Fsp3) is 1.00. The Bertz CT molecular complexity index is 321. The summed E-state index contributed by atoms with van der Waals surface area (Å²) in [6, 6.07) is 0.279. The highest BCUT2D eigenvalue weighted by Gasteiger charge is 2.35. The van der Waals surface area contributed by atoms with Crippen LogP contribution in [0.5, 0.6) is 0 Å². The molecule has 0 unspecified atom stereocenters. The van der Waals surface area contributed by atoms with Crippen molar-refractivity contribution in [1.82, 2.24) is 4.31 Å². The molecule has 0 bridgehead atoms. The van der Waals surface area contributed by atoms with E-state index in [-0.39, 0.29) is 6.04 Å². The Labute approximate surface area is 107 Å². The van der Waals surface area contributed by atoms with Crippen LogP contribution in [0.15, 0.2) is 0 Å². The quantitative estimate of drug-likeness (QED) is 0.706. The Morgan fingerprint density at radius 2 is 1.75 bits per heavy atom. The van der Waals surface area contributed by atoms with Crippen molar-refractivity contribution in [3.63, 3.8) is 0 Å². The Morgan fingerprint density at radius 3 is 2.25 bits per heavy atom. The number of rotatable bonds is 6. The lowest BCUT2D eigenvalue weighted by molar-refractivity contribution is 0.337. The van der Waals surface area contributed by atoms with Crippen molar-refractivity contribution in [2.24, 2.45) is 5.92 Å². The van der Waals surface area contributed by atoms with Crippen LogP contribution in [0, 0.1) is 5.92 Å². The van der Waals surface area contributed by atoms with Gasteiger partial charge in [0.05, 0.1) is 5.75 Å². The maximum Gasteiger partial charge on any atom is 0.214 e. The summed E-state index contributed by atoms with van der Waals surface area (Å²) in [6.45, 7) is 0.639. The molecule has 94 valence electrons. The van der Waals surface area contributed by atoms with E-state index in [1.165, 1.54) is 12.8 Å². The normalized spacial score (nSPS) is 23.1. The molecule has 2 rings (SSSR count). The van der Waals surface area contributed by atoms with E-state index in [1.54, 1.807) is 4.31 Å². The van der Waals surface area contributed by atoms with Crippen molar-refractivity contribution in [3.8, 4) is 0 Å². The van der Waals surface area contributed by atoms with Gasteiger partial charge in [-0.05, 0) is 31.6 Å². The van der Waals surface area contributed by atoms with Gasteiger partial charge in [-0.3, -0.25) is 0 Å². The number of hydrogen-bond acceptors (Lipinski definition) is 2. The molecule has 0 atom stereocenters. The van der Waals surface area contributed by atoms with Crippen molar-refractivity contribution in [1.29, 1.82) is 0 Å². The predicted molar refractivity (Wildman–Crippen MR) is 69.3 cm³/mol. The highest BCUT2D eigenvalue weighted by molar-refractivity contribution is 9.09. The van der Waals surface area contributed by atoms with Crippen LogP contribution in [0.3, 0.4) is 0 Å². The van der Waals surface area contributed by atoms with Gasteiger partial charge in [-0.25, -0.2) is 8.42 Å². The summed E-state index contributed by atoms with van der Waals surface area (Å²) in [4.78, 5) is 0. The van der Waals surface area contributed by atoms with Crippen LogP contribution >= 0.6 is 15.9 Å². The first kappa shape index (κ1) is 12.8. The average Bonchev–Trinajstić information content (AvgIpc) is 2.86. The van der Waals surface area contributed by atoms with Crippen LogP contribution in [0.1, 0.15) is 38.5 Å². The maximum atomic E-state index is 12.3. The van der Waals surface area contributed by atoms with E-state index in [9.17, 15) is 8.42 Å². The van der Waals surface area contributed by atoms with Gasteiger partial charge in [-0.1, -0.05) is 28.8 Å². The Balaban J connectivity index is 2.03. The fourth-order valence-corrected chi connectivity index (χ4v) is 5.27. The maximum absolute atomic E-state index is 12.3. The van der Waals surface area contributed by atoms with Crippen molar-refractivity contribution in [2.45, 2.75) is 44.6 Å². The summed E-state index contributed by atoms with van der Waals surface area (Å²) >= 11 is 3.37. The van der Waals surface area contributed by atoms with Gasteiger partial charge < -0.3 is 0 Å². The van der Waals surface area contributed by atoms with Crippen LogP contribution in [-0.2, 0) is 10.0 Å². The number of halogens is 1. The Hall–Kier alpha value is 0.390. The topological polar surface area (TPSA) is 37.4 Å². The molecule has 0 heterocycles. The molecule has 0 aromatic carbocycles. The molecular weight excluding hydrogens is 290 g/mol. The van der Waals surface area contributed by atoms with Gasteiger partial charge in [0.1, 0.15) is 0 Å². The summed E-state index contributed by atoms with van der Waals surface area (Å²) in [5.41, 5.74) is 0. The van der Waals surface area contributed by atoms with Crippen molar-refractivity contribution in [2.75, 3.05) is 17.6 Å². The van der Waals surface area contributed by atoms with Crippen molar-refractivity contribution >= 4 is 26.0 Å². The van der Waals surface area contributed by atoms with Crippen LogP contribution in [0.25, 0.3) is 0 Å². The van der Waals surface area contributed by atoms with Gasteiger partial charge in [-0.2, -0.15) is 4.31 Å². The summed E-state index contributed by atoms with van der Waals surface area (Å²) in [7, 11) is -3.00. The minimum absolute atomic E-state index is 0.279.